The van der Waals surface area contributed by atoms with Crippen molar-refractivity contribution in [3.8, 4) is 5.75 Å². The Morgan fingerprint density at radius 2 is 2.08 bits per heavy atom. The van der Waals surface area contributed by atoms with E-state index in [0.29, 0.717) is 24.2 Å². The summed E-state index contributed by atoms with van der Waals surface area (Å²) < 4.78 is 1.01. The summed E-state index contributed by atoms with van der Waals surface area (Å²) in [4.78, 5) is 14.8. The van der Waals surface area contributed by atoms with Crippen LogP contribution in [0.1, 0.15) is 46.9 Å². The van der Waals surface area contributed by atoms with Crippen LogP contribution in [0.4, 0.5) is 0 Å². The maximum atomic E-state index is 13.0. The van der Waals surface area contributed by atoms with Crippen molar-refractivity contribution in [1.29, 1.82) is 0 Å². The summed E-state index contributed by atoms with van der Waals surface area (Å²) in [6, 6.07) is 9.43. The van der Waals surface area contributed by atoms with Gasteiger partial charge < -0.3 is 10.0 Å². The van der Waals surface area contributed by atoms with Gasteiger partial charge in [-0.1, -0.05) is 35.3 Å². The topological polar surface area (TPSA) is 69.2 Å². The number of hydrogen-bond acceptors (Lipinski definition) is 3. The van der Waals surface area contributed by atoms with E-state index in [1.165, 1.54) is 0 Å². The zero-order chi connectivity index (χ0) is 18.3. The van der Waals surface area contributed by atoms with Crippen molar-refractivity contribution in [2.75, 3.05) is 0 Å². The number of halogens is 1. The fourth-order valence-electron chi connectivity index (χ4n) is 3.49. The van der Waals surface area contributed by atoms with E-state index in [2.05, 4.69) is 33.1 Å². The molecule has 0 aliphatic carbocycles. The van der Waals surface area contributed by atoms with Crippen molar-refractivity contribution in [2.24, 2.45) is 0 Å². The number of nitrogens with zero attached hydrogens (tertiary/aromatic N) is 2. The molecule has 0 radical (unpaired) electrons. The minimum absolute atomic E-state index is 0.0202. The van der Waals surface area contributed by atoms with Gasteiger partial charge in [-0.15, -0.1) is 0 Å². The normalized spacial score (nSPS) is 13.4. The monoisotopic (exact) mass is 413 g/mol. The number of unbranched alkanes of at least 4 members (excludes halogenated alkanes) is 1. The van der Waals surface area contributed by atoms with E-state index < -0.39 is 0 Å². The van der Waals surface area contributed by atoms with Crippen LogP contribution < -0.4 is 0 Å². The highest BCUT2D eigenvalue weighted by atomic mass is 79.9. The van der Waals surface area contributed by atoms with E-state index in [0.717, 1.165) is 45.9 Å². The number of fused-ring (bicyclic) bond motifs is 2. The number of aryl methyl sites for hydroxylation is 1. The number of H-pyrrole nitrogens is 1. The lowest BCUT2D eigenvalue weighted by Gasteiger charge is -2.16. The number of nitrogens with one attached hydrogen (secondary N) is 1. The lowest BCUT2D eigenvalue weighted by atomic mass is 10.1. The molecule has 6 heteroatoms. The zero-order valence-corrected chi connectivity index (χ0v) is 16.1. The molecule has 2 N–H and O–H groups in total. The van der Waals surface area contributed by atoms with Crippen LogP contribution in [-0.2, 0) is 19.5 Å². The third-order valence-electron chi connectivity index (χ3n) is 4.94. The molecule has 0 saturated heterocycles. The van der Waals surface area contributed by atoms with Crippen LogP contribution in [0.3, 0.4) is 0 Å². The molecule has 0 unspecified atom stereocenters. The minimum atomic E-state index is -0.153. The van der Waals surface area contributed by atoms with Gasteiger partial charge in [-0.05, 0) is 42.2 Å². The highest BCUT2D eigenvalue weighted by molar-refractivity contribution is 9.10. The van der Waals surface area contributed by atoms with Crippen LogP contribution in [0.15, 0.2) is 34.8 Å². The lowest BCUT2D eigenvalue weighted by Crippen LogP contribution is -2.25. The van der Waals surface area contributed by atoms with Crippen molar-refractivity contribution < 1.29 is 9.90 Å². The van der Waals surface area contributed by atoms with Crippen molar-refractivity contribution in [2.45, 2.75) is 39.3 Å². The number of hydrogen-bond donors (Lipinski definition) is 2. The Hall–Kier alpha value is -2.34. The highest BCUT2D eigenvalue weighted by Crippen LogP contribution is 2.31. The standard InChI is InChI=1S/C20H20BrN3O2/c1-2-3-4-17-15-8-16(19(25)9-18(15)23-22-17)20(26)24-10-12-5-6-14(21)7-13(12)11-24/h5-9,25H,2-4,10-11H2,1H3,(H,22,23). The summed E-state index contributed by atoms with van der Waals surface area (Å²) >= 11 is 3.48. The number of phenols is 1. The van der Waals surface area contributed by atoms with E-state index in [4.69, 9.17) is 0 Å². The van der Waals surface area contributed by atoms with Gasteiger partial charge in [0.25, 0.3) is 5.91 Å². The van der Waals surface area contributed by atoms with Crippen molar-refractivity contribution in [3.63, 3.8) is 0 Å². The number of rotatable bonds is 4. The molecule has 0 saturated carbocycles. The number of amides is 1. The summed E-state index contributed by atoms with van der Waals surface area (Å²) in [7, 11) is 0. The molecular weight excluding hydrogens is 394 g/mol. The fraction of sp³-hybridized carbons (Fsp3) is 0.300. The van der Waals surface area contributed by atoms with E-state index in [1.54, 1.807) is 17.0 Å². The van der Waals surface area contributed by atoms with Gasteiger partial charge in [0.1, 0.15) is 5.75 Å². The molecule has 2 heterocycles. The SMILES string of the molecule is CCCCc1[nH]nc2cc(O)c(C(=O)N3Cc4ccc(Br)cc4C3)cc12. The second-order valence-electron chi connectivity index (χ2n) is 6.77. The van der Waals surface area contributed by atoms with Crippen molar-refractivity contribution >= 4 is 32.7 Å². The second-order valence-corrected chi connectivity index (χ2v) is 7.68. The molecule has 1 amide bonds. The molecule has 2 aromatic carbocycles. The third kappa shape index (κ3) is 2.98. The number of aromatic nitrogens is 2. The first-order valence-electron chi connectivity index (χ1n) is 8.83. The molecule has 1 aliphatic rings. The Labute approximate surface area is 160 Å². The molecule has 5 nitrogen and oxygen atoms in total. The summed E-state index contributed by atoms with van der Waals surface area (Å²) in [5, 5.41) is 18.6. The first-order valence-corrected chi connectivity index (χ1v) is 9.62. The van der Waals surface area contributed by atoms with E-state index >= 15 is 0 Å². The summed E-state index contributed by atoms with van der Waals surface area (Å²) in [6.45, 7) is 3.26. The third-order valence-corrected chi connectivity index (χ3v) is 5.43. The smallest absolute Gasteiger partial charge is 0.258 e. The van der Waals surface area contributed by atoms with Gasteiger partial charge in [-0.25, -0.2) is 0 Å². The molecule has 0 atom stereocenters. The Kier molecular flexibility index (Phi) is 4.44. The van der Waals surface area contributed by atoms with Gasteiger partial charge in [-0.3, -0.25) is 9.89 Å². The Bertz CT molecular complexity index is 996. The van der Waals surface area contributed by atoms with Crippen LogP contribution in [0.5, 0.6) is 5.75 Å². The van der Waals surface area contributed by atoms with Crippen molar-refractivity contribution in [1.82, 2.24) is 15.1 Å². The molecular formula is C20H20BrN3O2. The number of carbonyl (C=O) groups is 1. The minimum Gasteiger partial charge on any atom is -0.507 e. The second kappa shape index (κ2) is 6.76. The Morgan fingerprint density at radius 1 is 1.27 bits per heavy atom. The molecule has 0 bridgehead atoms. The van der Waals surface area contributed by atoms with E-state index in [9.17, 15) is 9.90 Å². The first kappa shape index (κ1) is 17.1. The predicted octanol–water partition coefficient (Wildman–Crippen LogP) is 4.53. The lowest BCUT2D eigenvalue weighted by molar-refractivity contribution is 0.0748. The van der Waals surface area contributed by atoms with Gasteiger partial charge in [0.15, 0.2) is 0 Å². The molecule has 0 fully saturated rings. The number of carbonyl (C=O) groups excluding carboxylic acids is 1. The quantitative estimate of drug-likeness (QED) is 0.659. The Morgan fingerprint density at radius 3 is 2.88 bits per heavy atom. The predicted molar refractivity (Wildman–Crippen MR) is 104 cm³/mol. The molecule has 134 valence electrons. The molecule has 4 rings (SSSR count). The van der Waals surface area contributed by atoms with Crippen LogP contribution in [-0.4, -0.2) is 26.1 Å². The van der Waals surface area contributed by atoms with Gasteiger partial charge in [0, 0.05) is 34.7 Å². The maximum absolute atomic E-state index is 13.0. The van der Waals surface area contributed by atoms with Gasteiger partial charge >= 0.3 is 0 Å². The number of aromatic amines is 1. The average molecular weight is 414 g/mol. The zero-order valence-electron chi connectivity index (χ0n) is 14.6. The molecule has 3 aromatic rings. The van der Waals surface area contributed by atoms with Crippen LogP contribution in [0, 0.1) is 0 Å². The first-order chi connectivity index (χ1) is 12.6. The average Bonchev–Trinajstić information content (AvgIpc) is 3.21. The molecule has 1 aromatic heterocycles. The Balaban J connectivity index is 1.65. The number of benzene rings is 2. The van der Waals surface area contributed by atoms with Crippen LogP contribution in [0.2, 0.25) is 0 Å². The summed E-state index contributed by atoms with van der Waals surface area (Å²) in [5.41, 5.74) is 4.33. The van der Waals surface area contributed by atoms with Gasteiger partial charge in [0.2, 0.25) is 0 Å². The van der Waals surface area contributed by atoms with E-state index in [1.807, 2.05) is 18.2 Å². The number of phenolic OH excluding ortho intramolecular Hbond substituents is 1. The summed E-state index contributed by atoms with van der Waals surface area (Å²) in [6.07, 6.45) is 3.03. The van der Waals surface area contributed by atoms with Gasteiger partial charge in [0.05, 0.1) is 11.1 Å². The molecule has 1 aliphatic heterocycles. The molecule has 0 spiro atoms. The van der Waals surface area contributed by atoms with Gasteiger partial charge in [-0.2, -0.15) is 5.10 Å². The summed E-state index contributed by atoms with van der Waals surface area (Å²) in [5.74, 6) is -0.174. The van der Waals surface area contributed by atoms with Crippen LogP contribution >= 0.6 is 15.9 Å². The van der Waals surface area contributed by atoms with E-state index in [-0.39, 0.29) is 11.7 Å². The highest BCUT2D eigenvalue weighted by Gasteiger charge is 2.26. The number of aromatic hydroxyl groups is 1. The maximum Gasteiger partial charge on any atom is 0.258 e. The largest absolute Gasteiger partial charge is 0.507 e. The van der Waals surface area contributed by atoms with Crippen molar-refractivity contribution in [3.05, 3.63) is 57.2 Å². The van der Waals surface area contributed by atoms with Crippen LogP contribution in [0.25, 0.3) is 10.9 Å². The fourth-order valence-corrected chi connectivity index (χ4v) is 3.90. The molecule has 26 heavy (non-hydrogen) atoms.